The molecule has 2 aliphatic rings. The number of hydrogen-bond acceptors (Lipinski definition) is 3. The van der Waals surface area contributed by atoms with Crippen molar-refractivity contribution in [3.8, 4) is 5.88 Å². The second-order valence-electron chi connectivity index (χ2n) is 6.41. The third-order valence-corrected chi connectivity index (χ3v) is 4.84. The van der Waals surface area contributed by atoms with E-state index in [1.54, 1.807) is 0 Å². The van der Waals surface area contributed by atoms with Gasteiger partial charge >= 0.3 is 0 Å². The largest absolute Gasteiger partial charge is 0.476 e. The molecule has 0 atom stereocenters. The number of benzene rings is 1. The Kier molecular flexibility index (Phi) is 3.30. The normalized spacial score (nSPS) is 20.2. The molecule has 1 aliphatic carbocycles. The zero-order chi connectivity index (χ0) is 14.2. The number of fused-ring (bicyclic) bond motifs is 2. The van der Waals surface area contributed by atoms with Crippen LogP contribution in [0.25, 0.3) is 10.9 Å². The van der Waals surface area contributed by atoms with E-state index in [2.05, 4.69) is 36.1 Å². The fraction of sp³-hybridized carbons (Fsp3) is 0.500. The molecule has 1 aromatic heterocycles. The molecule has 2 heterocycles. The van der Waals surface area contributed by atoms with Crippen LogP contribution in [-0.2, 0) is 6.54 Å². The van der Waals surface area contributed by atoms with Crippen LogP contribution in [0.5, 0.6) is 5.88 Å². The Balaban J connectivity index is 1.70. The fourth-order valence-electron chi connectivity index (χ4n) is 3.68. The van der Waals surface area contributed by atoms with E-state index in [-0.39, 0.29) is 0 Å². The van der Waals surface area contributed by atoms with Crippen LogP contribution in [0.3, 0.4) is 0 Å². The van der Waals surface area contributed by atoms with E-state index in [1.807, 2.05) is 0 Å². The highest BCUT2D eigenvalue weighted by Gasteiger charge is 2.26. The molecule has 1 aliphatic heterocycles. The molecule has 0 bridgehead atoms. The van der Waals surface area contributed by atoms with Crippen LogP contribution in [0.2, 0.25) is 0 Å². The molecule has 2 aromatic rings. The highest BCUT2D eigenvalue weighted by molar-refractivity contribution is 5.80. The number of nitrogens with zero attached hydrogens (tertiary/aromatic N) is 2. The maximum absolute atomic E-state index is 5.93. The molecule has 0 saturated heterocycles. The summed E-state index contributed by atoms with van der Waals surface area (Å²) < 4.78 is 5.93. The second kappa shape index (κ2) is 5.30. The third kappa shape index (κ3) is 2.51. The van der Waals surface area contributed by atoms with Crippen LogP contribution in [-0.4, -0.2) is 29.1 Å². The second-order valence-corrected chi connectivity index (χ2v) is 6.41. The number of aryl methyl sites for hydroxylation is 1. The smallest absolute Gasteiger partial charge is 0.218 e. The summed E-state index contributed by atoms with van der Waals surface area (Å²) in [6, 6.07) is 9.47. The first kappa shape index (κ1) is 13.1. The highest BCUT2D eigenvalue weighted by Crippen LogP contribution is 2.30. The summed E-state index contributed by atoms with van der Waals surface area (Å²) in [7, 11) is 0. The lowest BCUT2D eigenvalue weighted by Gasteiger charge is -2.26. The minimum atomic E-state index is 0.744. The molecule has 3 heteroatoms. The summed E-state index contributed by atoms with van der Waals surface area (Å²) in [6.45, 7) is 4.87. The monoisotopic (exact) mass is 282 g/mol. The van der Waals surface area contributed by atoms with E-state index in [0.717, 1.165) is 37.1 Å². The van der Waals surface area contributed by atoms with E-state index in [9.17, 15) is 0 Å². The number of hydrogen-bond donors (Lipinski definition) is 0. The van der Waals surface area contributed by atoms with Gasteiger partial charge in [-0.2, -0.15) is 0 Å². The van der Waals surface area contributed by atoms with Gasteiger partial charge in [-0.05, 0) is 37.5 Å². The van der Waals surface area contributed by atoms with Crippen molar-refractivity contribution in [2.45, 2.75) is 45.2 Å². The zero-order valence-electron chi connectivity index (χ0n) is 12.6. The van der Waals surface area contributed by atoms with Crippen molar-refractivity contribution >= 4 is 10.9 Å². The topological polar surface area (TPSA) is 25.4 Å². The van der Waals surface area contributed by atoms with E-state index in [1.165, 1.54) is 42.2 Å². The molecular formula is C18H22N2O. The molecule has 3 nitrogen and oxygen atoms in total. The Morgan fingerprint density at radius 1 is 1.19 bits per heavy atom. The predicted molar refractivity (Wildman–Crippen MR) is 84.6 cm³/mol. The molecule has 0 amide bonds. The summed E-state index contributed by atoms with van der Waals surface area (Å²) in [5, 5.41) is 1.22. The molecule has 21 heavy (non-hydrogen) atoms. The van der Waals surface area contributed by atoms with E-state index in [4.69, 9.17) is 9.72 Å². The lowest BCUT2D eigenvalue weighted by atomic mass is 10.1. The van der Waals surface area contributed by atoms with Crippen LogP contribution >= 0.6 is 0 Å². The van der Waals surface area contributed by atoms with Crippen LogP contribution in [0.4, 0.5) is 0 Å². The van der Waals surface area contributed by atoms with Gasteiger partial charge in [-0.15, -0.1) is 0 Å². The fourth-order valence-corrected chi connectivity index (χ4v) is 3.68. The van der Waals surface area contributed by atoms with Crippen molar-refractivity contribution in [1.29, 1.82) is 0 Å². The molecule has 0 spiro atoms. The molecule has 110 valence electrons. The highest BCUT2D eigenvalue weighted by atomic mass is 16.5. The molecular weight excluding hydrogens is 260 g/mol. The Morgan fingerprint density at radius 2 is 2.05 bits per heavy atom. The van der Waals surface area contributed by atoms with Crippen molar-refractivity contribution in [3.05, 3.63) is 35.4 Å². The summed E-state index contributed by atoms with van der Waals surface area (Å²) in [5.41, 5.74) is 3.54. The van der Waals surface area contributed by atoms with E-state index < -0.39 is 0 Å². The van der Waals surface area contributed by atoms with Crippen LogP contribution < -0.4 is 4.74 Å². The van der Waals surface area contributed by atoms with Crippen LogP contribution in [0.15, 0.2) is 24.3 Å². The van der Waals surface area contributed by atoms with Crippen LogP contribution in [0, 0.1) is 6.92 Å². The van der Waals surface area contributed by atoms with Crippen molar-refractivity contribution in [2.24, 2.45) is 0 Å². The lowest BCUT2D eigenvalue weighted by molar-refractivity contribution is 0.170. The lowest BCUT2D eigenvalue weighted by Crippen LogP contribution is -2.34. The average Bonchev–Trinajstić information content (AvgIpc) is 2.93. The van der Waals surface area contributed by atoms with Crippen molar-refractivity contribution in [2.75, 3.05) is 13.2 Å². The molecule has 1 aromatic carbocycles. The predicted octanol–water partition coefficient (Wildman–Crippen LogP) is 3.68. The standard InChI is InChI=1S/C18H22N2O/c1-13-6-7-14-11-15-12-20(16-4-2-3-5-16)8-9-21-18(15)19-17(14)10-13/h6-7,10-11,16H,2-5,8-9,12H2,1H3. The van der Waals surface area contributed by atoms with Crippen molar-refractivity contribution in [3.63, 3.8) is 0 Å². The van der Waals surface area contributed by atoms with Gasteiger partial charge in [0.25, 0.3) is 0 Å². The van der Waals surface area contributed by atoms with Gasteiger partial charge in [-0.3, -0.25) is 4.90 Å². The first-order valence-corrected chi connectivity index (χ1v) is 8.07. The average molecular weight is 282 g/mol. The third-order valence-electron chi connectivity index (χ3n) is 4.84. The number of aromatic nitrogens is 1. The van der Waals surface area contributed by atoms with Gasteiger partial charge in [-0.1, -0.05) is 25.0 Å². The van der Waals surface area contributed by atoms with Gasteiger partial charge in [0, 0.05) is 30.1 Å². The van der Waals surface area contributed by atoms with Gasteiger partial charge in [-0.25, -0.2) is 4.98 Å². The van der Waals surface area contributed by atoms with Crippen molar-refractivity contribution < 1.29 is 4.74 Å². The molecule has 0 radical (unpaired) electrons. The van der Waals surface area contributed by atoms with Gasteiger partial charge in [0.2, 0.25) is 5.88 Å². The quantitative estimate of drug-likeness (QED) is 0.798. The minimum absolute atomic E-state index is 0.744. The number of pyridine rings is 1. The maximum atomic E-state index is 5.93. The Hall–Kier alpha value is -1.61. The van der Waals surface area contributed by atoms with Crippen LogP contribution in [0.1, 0.15) is 36.8 Å². The molecule has 1 saturated carbocycles. The van der Waals surface area contributed by atoms with Gasteiger partial charge < -0.3 is 4.74 Å². The SMILES string of the molecule is Cc1ccc2cc3c(nc2c1)OCCN(C1CCCC1)C3. The summed E-state index contributed by atoms with van der Waals surface area (Å²) in [5.74, 6) is 0.841. The summed E-state index contributed by atoms with van der Waals surface area (Å²) in [4.78, 5) is 7.35. The first-order chi connectivity index (χ1) is 10.3. The molecule has 0 unspecified atom stereocenters. The maximum Gasteiger partial charge on any atom is 0.218 e. The van der Waals surface area contributed by atoms with E-state index >= 15 is 0 Å². The zero-order valence-corrected chi connectivity index (χ0v) is 12.6. The molecule has 1 fully saturated rings. The Labute approximate surface area is 125 Å². The molecule has 4 rings (SSSR count). The van der Waals surface area contributed by atoms with Gasteiger partial charge in [0.1, 0.15) is 6.61 Å². The van der Waals surface area contributed by atoms with Gasteiger partial charge in [0.05, 0.1) is 5.52 Å². The summed E-state index contributed by atoms with van der Waals surface area (Å²) in [6.07, 6.45) is 5.44. The minimum Gasteiger partial charge on any atom is -0.476 e. The first-order valence-electron chi connectivity index (χ1n) is 8.07. The number of rotatable bonds is 1. The number of ether oxygens (including phenoxy) is 1. The Morgan fingerprint density at radius 3 is 2.90 bits per heavy atom. The van der Waals surface area contributed by atoms with E-state index in [0.29, 0.717) is 0 Å². The summed E-state index contributed by atoms with van der Waals surface area (Å²) >= 11 is 0. The Bertz CT molecular complexity index is 662. The molecule has 0 N–H and O–H groups in total. The van der Waals surface area contributed by atoms with Gasteiger partial charge in [0.15, 0.2) is 0 Å². The van der Waals surface area contributed by atoms with Crippen molar-refractivity contribution in [1.82, 2.24) is 9.88 Å².